The van der Waals surface area contributed by atoms with Gasteiger partial charge in [0, 0.05) is 25.1 Å². The number of anilines is 2. The van der Waals surface area contributed by atoms with Crippen LogP contribution in [-0.2, 0) is 6.18 Å². The lowest BCUT2D eigenvalue weighted by Gasteiger charge is -2.13. The summed E-state index contributed by atoms with van der Waals surface area (Å²) >= 11 is 0. The lowest BCUT2D eigenvalue weighted by atomic mass is 10.1. The molecule has 0 atom stereocenters. The molecule has 2 aromatic carbocycles. The first-order valence-electron chi connectivity index (χ1n) is 10.2. The molecule has 11 heteroatoms. The molecule has 7 nitrogen and oxygen atoms in total. The van der Waals surface area contributed by atoms with Crippen molar-refractivity contribution in [1.82, 2.24) is 15.0 Å². The molecule has 0 spiro atoms. The Labute approximate surface area is 196 Å². The minimum Gasteiger partial charge on any atom is -0.435 e. The Hall–Kier alpha value is -4.54. The SMILES string of the molecule is CNc1nccc(-c2cccnc2Oc2cccc(C(=O)Nc3cccc(C(F)(F)F)c3)c2F)n1. The number of carbonyl (C=O) groups excluding carboxylic acids is 1. The Bertz CT molecular complexity index is 1380. The van der Waals surface area contributed by atoms with Crippen molar-refractivity contribution in [3.05, 3.63) is 90.0 Å². The third kappa shape index (κ3) is 5.35. The molecule has 0 radical (unpaired) electrons. The van der Waals surface area contributed by atoms with E-state index in [1.165, 1.54) is 36.7 Å². The van der Waals surface area contributed by atoms with E-state index < -0.39 is 29.0 Å². The number of carbonyl (C=O) groups is 1. The average molecular weight is 483 g/mol. The molecule has 1 amide bonds. The quantitative estimate of drug-likeness (QED) is 0.338. The zero-order valence-electron chi connectivity index (χ0n) is 18.1. The van der Waals surface area contributed by atoms with Gasteiger partial charge in [-0.3, -0.25) is 4.79 Å². The first-order valence-corrected chi connectivity index (χ1v) is 10.2. The Kier molecular flexibility index (Phi) is 6.58. The lowest BCUT2D eigenvalue weighted by Crippen LogP contribution is -2.15. The van der Waals surface area contributed by atoms with E-state index in [4.69, 9.17) is 4.74 Å². The summed E-state index contributed by atoms with van der Waals surface area (Å²) in [6.07, 6.45) is -1.61. The van der Waals surface area contributed by atoms with Crippen LogP contribution in [0.2, 0.25) is 0 Å². The van der Waals surface area contributed by atoms with Crippen LogP contribution in [-0.4, -0.2) is 27.9 Å². The van der Waals surface area contributed by atoms with Crippen molar-refractivity contribution in [3.8, 4) is 22.9 Å². The molecular weight excluding hydrogens is 466 g/mol. The van der Waals surface area contributed by atoms with E-state index in [-0.39, 0.29) is 17.3 Å². The second-order valence-electron chi connectivity index (χ2n) is 7.12. The molecule has 0 unspecified atom stereocenters. The molecule has 178 valence electrons. The first kappa shape index (κ1) is 23.6. The second kappa shape index (κ2) is 9.75. The normalized spacial score (nSPS) is 11.1. The summed E-state index contributed by atoms with van der Waals surface area (Å²) in [5.41, 5.74) is -0.582. The molecule has 0 saturated carbocycles. The number of aromatic nitrogens is 3. The third-order valence-electron chi connectivity index (χ3n) is 4.79. The molecule has 2 aromatic heterocycles. The van der Waals surface area contributed by atoms with Gasteiger partial charge in [0.15, 0.2) is 11.6 Å². The van der Waals surface area contributed by atoms with Crippen LogP contribution in [0.15, 0.2) is 73.1 Å². The van der Waals surface area contributed by atoms with E-state index in [9.17, 15) is 18.0 Å². The number of rotatable bonds is 6. The summed E-state index contributed by atoms with van der Waals surface area (Å²) in [6, 6.07) is 12.9. The van der Waals surface area contributed by atoms with Crippen LogP contribution in [0.1, 0.15) is 15.9 Å². The summed E-state index contributed by atoms with van der Waals surface area (Å²) in [4.78, 5) is 25.1. The fourth-order valence-corrected chi connectivity index (χ4v) is 3.14. The molecule has 0 saturated heterocycles. The van der Waals surface area contributed by atoms with Gasteiger partial charge in [0.2, 0.25) is 11.8 Å². The summed E-state index contributed by atoms with van der Waals surface area (Å²) in [5, 5.41) is 5.10. The van der Waals surface area contributed by atoms with E-state index in [2.05, 4.69) is 25.6 Å². The van der Waals surface area contributed by atoms with Gasteiger partial charge in [-0.25, -0.2) is 19.3 Å². The number of alkyl halides is 3. The topological polar surface area (TPSA) is 89.0 Å². The van der Waals surface area contributed by atoms with Crippen LogP contribution in [0.25, 0.3) is 11.3 Å². The Morgan fingerprint density at radius 2 is 1.77 bits per heavy atom. The van der Waals surface area contributed by atoms with Gasteiger partial charge in [-0.1, -0.05) is 12.1 Å². The predicted octanol–water partition coefficient (Wildman–Crippen LogP) is 5.78. The van der Waals surface area contributed by atoms with Gasteiger partial charge in [-0.2, -0.15) is 13.2 Å². The fourth-order valence-electron chi connectivity index (χ4n) is 3.14. The van der Waals surface area contributed by atoms with E-state index in [0.29, 0.717) is 17.2 Å². The Morgan fingerprint density at radius 3 is 2.54 bits per heavy atom. The number of amides is 1. The zero-order chi connectivity index (χ0) is 25.0. The number of ether oxygens (including phenoxy) is 1. The summed E-state index contributed by atoms with van der Waals surface area (Å²) < 4.78 is 59.7. The largest absolute Gasteiger partial charge is 0.435 e. The number of pyridine rings is 1. The first-order chi connectivity index (χ1) is 16.8. The number of nitrogens with one attached hydrogen (secondary N) is 2. The van der Waals surface area contributed by atoms with Crippen LogP contribution in [0, 0.1) is 5.82 Å². The molecule has 0 bridgehead atoms. The van der Waals surface area contributed by atoms with E-state index >= 15 is 4.39 Å². The second-order valence-corrected chi connectivity index (χ2v) is 7.12. The van der Waals surface area contributed by atoms with E-state index in [0.717, 1.165) is 18.2 Å². The average Bonchev–Trinajstić information content (AvgIpc) is 2.85. The third-order valence-corrected chi connectivity index (χ3v) is 4.79. The van der Waals surface area contributed by atoms with Crippen molar-refractivity contribution >= 4 is 17.5 Å². The van der Waals surface area contributed by atoms with Crippen LogP contribution in [0.4, 0.5) is 29.2 Å². The van der Waals surface area contributed by atoms with Gasteiger partial charge in [-0.15, -0.1) is 0 Å². The van der Waals surface area contributed by atoms with E-state index in [1.807, 2.05) is 0 Å². The number of hydrogen-bond acceptors (Lipinski definition) is 6. The molecule has 0 fully saturated rings. The standard InChI is InChI=1S/C24H17F4N5O2/c1-29-23-31-12-10-18(33-23)16-8-4-11-30-22(16)35-19-9-3-7-17(20(19)25)21(34)32-15-6-2-5-14(13-15)24(26,27)28/h2-13H,1H3,(H,32,34)(H,29,31,33). The predicted molar refractivity (Wildman–Crippen MR) is 121 cm³/mol. The van der Waals surface area contributed by atoms with Crippen molar-refractivity contribution < 1.29 is 27.1 Å². The number of nitrogens with zero attached hydrogens (tertiary/aromatic N) is 3. The number of hydrogen-bond donors (Lipinski definition) is 2. The maximum atomic E-state index is 15.2. The van der Waals surface area contributed by atoms with Crippen molar-refractivity contribution in [2.24, 2.45) is 0 Å². The van der Waals surface area contributed by atoms with Crippen molar-refractivity contribution in [1.29, 1.82) is 0 Å². The van der Waals surface area contributed by atoms with Crippen LogP contribution in [0.3, 0.4) is 0 Å². The Balaban J connectivity index is 1.61. The number of benzene rings is 2. The molecular formula is C24H17F4N5O2. The monoisotopic (exact) mass is 483 g/mol. The fraction of sp³-hybridized carbons (Fsp3) is 0.0833. The van der Waals surface area contributed by atoms with Gasteiger partial charge in [0.1, 0.15) is 0 Å². The minimum absolute atomic E-state index is 0.0302. The highest BCUT2D eigenvalue weighted by Gasteiger charge is 2.30. The minimum atomic E-state index is -4.59. The number of halogens is 4. The van der Waals surface area contributed by atoms with Crippen LogP contribution < -0.4 is 15.4 Å². The maximum Gasteiger partial charge on any atom is 0.416 e. The van der Waals surface area contributed by atoms with Crippen LogP contribution >= 0.6 is 0 Å². The highest BCUT2D eigenvalue weighted by atomic mass is 19.4. The lowest BCUT2D eigenvalue weighted by molar-refractivity contribution is -0.137. The molecule has 2 heterocycles. The smallest absolute Gasteiger partial charge is 0.416 e. The molecule has 4 aromatic rings. The van der Waals surface area contributed by atoms with Gasteiger partial charge in [0.25, 0.3) is 5.91 Å². The molecule has 0 aliphatic carbocycles. The van der Waals surface area contributed by atoms with Crippen molar-refractivity contribution in [2.45, 2.75) is 6.18 Å². The summed E-state index contributed by atoms with van der Waals surface area (Å²) in [5.74, 6) is -1.86. The van der Waals surface area contributed by atoms with Gasteiger partial charge in [-0.05, 0) is 48.5 Å². The molecule has 4 rings (SSSR count). The highest BCUT2D eigenvalue weighted by molar-refractivity contribution is 6.04. The maximum absolute atomic E-state index is 15.2. The van der Waals surface area contributed by atoms with Gasteiger partial charge >= 0.3 is 6.18 Å². The molecule has 0 aliphatic heterocycles. The van der Waals surface area contributed by atoms with Crippen LogP contribution in [0.5, 0.6) is 11.6 Å². The van der Waals surface area contributed by atoms with Crippen molar-refractivity contribution in [2.75, 3.05) is 17.7 Å². The summed E-state index contributed by atoms with van der Waals surface area (Å²) in [7, 11) is 1.66. The zero-order valence-corrected chi connectivity index (χ0v) is 18.1. The van der Waals surface area contributed by atoms with Gasteiger partial charge in [0.05, 0.1) is 22.4 Å². The summed E-state index contributed by atoms with van der Waals surface area (Å²) in [6.45, 7) is 0. The molecule has 35 heavy (non-hydrogen) atoms. The van der Waals surface area contributed by atoms with Crippen molar-refractivity contribution in [3.63, 3.8) is 0 Å². The Morgan fingerprint density at radius 1 is 0.971 bits per heavy atom. The van der Waals surface area contributed by atoms with E-state index in [1.54, 1.807) is 25.2 Å². The highest BCUT2D eigenvalue weighted by Crippen LogP contribution is 2.33. The molecule has 2 N–H and O–H groups in total. The van der Waals surface area contributed by atoms with Gasteiger partial charge < -0.3 is 15.4 Å². The molecule has 0 aliphatic rings.